The lowest BCUT2D eigenvalue weighted by Gasteiger charge is -2.20. The van der Waals surface area contributed by atoms with Crippen LogP contribution in [0.3, 0.4) is 0 Å². The summed E-state index contributed by atoms with van der Waals surface area (Å²) in [5.74, 6) is -3.16. The van der Waals surface area contributed by atoms with E-state index in [4.69, 9.17) is 0 Å². The summed E-state index contributed by atoms with van der Waals surface area (Å²) in [6, 6.07) is 11.5. The zero-order chi connectivity index (χ0) is 24.2. The lowest BCUT2D eigenvalue weighted by atomic mass is 10.1. The Hall–Kier alpha value is -3.94. The molecule has 8 heteroatoms. The number of hydrogen-bond acceptors (Lipinski definition) is 6. The lowest BCUT2D eigenvalue weighted by molar-refractivity contribution is -0.151. The third-order valence-electron chi connectivity index (χ3n) is 5.82. The van der Waals surface area contributed by atoms with Gasteiger partial charge in [-0.25, -0.2) is 9.18 Å². The minimum Gasteiger partial charge on any atom is -0.507 e. The fourth-order valence-electron chi connectivity index (χ4n) is 4.11. The molecule has 1 aliphatic rings. The van der Waals surface area contributed by atoms with Crippen molar-refractivity contribution in [1.82, 2.24) is 4.57 Å². The van der Waals surface area contributed by atoms with E-state index in [-0.39, 0.29) is 18.0 Å². The number of pyridine rings is 1. The van der Waals surface area contributed by atoms with Crippen LogP contribution in [0.2, 0.25) is 0 Å². The van der Waals surface area contributed by atoms with Crippen LogP contribution in [0.5, 0.6) is 0 Å². The van der Waals surface area contributed by atoms with E-state index in [0.717, 1.165) is 37.2 Å². The number of benzene rings is 2. The Morgan fingerprint density at radius 2 is 1.82 bits per heavy atom. The minimum atomic E-state index is -1.11. The lowest BCUT2D eigenvalue weighted by Crippen LogP contribution is -2.20. The Labute approximate surface area is 195 Å². The Morgan fingerprint density at radius 1 is 1.12 bits per heavy atom. The van der Waals surface area contributed by atoms with Crippen molar-refractivity contribution in [3.8, 4) is 0 Å². The molecule has 0 bridgehead atoms. The molecule has 3 aromatic rings. The molecule has 2 heterocycles. The number of ketones is 1. The smallest absolute Gasteiger partial charge is 0.379 e. The molecule has 0 saturated carbocycles. The number of hydrogen-bond donors (Lipinski definition) is 1. The molecule has 0 amide bonds. The number of ether oxygens (including phenoxy) is 1. The van der Waals surface area contributed by atoms with Gasteiger partial charge in [-0.3, -0.25) is 9.59 Å². The van der Waals surface area contributed by atoms with Crippen LogP contribution >= 0.6 is 0 Å². The van der Waals surface area contributed by atoms with Crippen molar-refractivity contribution in [2.45, 2.75) is 26.3 Å². The topological polar surface area (TPSA) is 88.8 Å². The zero-order valence-electron chi connectivity index (χ0n) is 18.8. The van der Waals surface area contributed by atoms with Crippen molar-refractivity contribution in [3.05, 3.63) is 81.9 Å². The molecule has 7 nitrogen and oxygen atoms in total. The highest BCUT2D eigenvalue weighted by Crippen LogP contribution is 2.26. The summed E-state index contributed by atoms with van der Waals surface area (Å²) < 4.78 is 19.8. The van der Waals surface area contributed by atoms with Gasteiger partial charge in [-0.1, -0.05) is 12.1 Å². The van der Waals surface area contributed by atoms with E-state index >= 15 is 0 Å². The molecule has 1 fully saturated rings. The number of aliphatic hydroxyl groups excluding tert-OH is 1. The van der Waals surface area contributed by atoms with E-state index < -0.39 is 22.9 Å². The summed E-state index contributed by atoms with van der Waals surface area (Å²) in [6.45, 7) is 3.74. The number of nitrogens with zero attached hydrogens (tertiary/aromatic N) is 2. The third kappa shape index (κ3) is 4.85. The Kier molecular flexibility index (Phi) is 6.77. The van der Waals surface area contributed by atoms with Gasteiger partial charge < -0.3 is 19.3 Å². The van der Waals surface area contributed by atoms with E-state index in [0.29, 0.717) is 23.5 Å². The number of fused-ring (bicyclic) bond motifs is 1. The van der Waals surface area contributed by atoms with Gasteiger partial charge in [0.15, 0.2) is 5.43 Å². The van der Waals surface area contributed by atoms with Crippen LogP contribution in [0.15, 0.2) is 59.5 Å². The van der Waals surface area contributed by atoms with Gasteiger partial charge in [0.05, 0.1) is 17.7 Å². The van der Waals surface area contributed by atoms with Crippen molar-refractivity contribution >= 4 is 34.1 Å². The second kappa shape index (κ2) is 9.91. The maximum absolute atomic E-state index is 13.4. The van der Waals surface area contributed by atoms with E-state index in [1.807, 2.05) is 12.1 Å². The average Bonchev–Trinajstić information content (AvgIpc) is 3.37. The van der Waals surface area contributed by atoms with Crippen molar-refractivity contribution in [2.75, 3.05) is 24.6 Å². The Morgan fingerprint density at radius 3 is 2.50 bits per heavy atom. The first-order chi connectivity index (χ1) is 16.4. The number of halogens is 1. The Balaban J connectivity index is 1.83. The molecule has 0 spiro atoms. The predicted octanol–water partition coefficient (Wildman–Crippen LogP) is 3.82. The highest BCUT2D eigenvalue weighted by Gasteiger charge is 2.19. The first-order valence-electron chi connectivity index (χ1n) is 11.2. The highest BCUT2D eigenvalue weighted by atomic mass is 19.1. The number of carbonyl (C=O) groups excluding carboxylic acids is 2. The molecule has 0 radical (unpaired) electrons. The molecule has 1 aliphatic heterocycles. The quantitative estimate of drug-likeness (QED) is 0.248. The standard InChI is InChI=1S/C26H25FN2O5/c1-2-34-26(33)24(31)14-23(30)21-16-29(15-17-5-7-18(27)8-6-17)22-13-19(28-11-3-4-12-28)9-10-20(22)25(21)32/h5-10,13-14,16,30H,2-4,11-12,15H2,1H3/b23-14-. The van der Waals surface area contributed by atoms with Gasteiger partial charge in [-0.2, -0.15) is 0 Å². The third-order valence-corrected chi connectivity index (χ3v) is 5.82. The molecule has 176 valence electrons. The van der Waals surface area contributed by atoms with Crippen molar-refractivity contribution < 1.29 is 23.8 Å². The highest BCUT2D eigenvalue weighted by molar-refractivity contribution is 6.39. The summed E-state index contributed by atoms with van der Waals surface area (Å²) in [5, 5.41) is 10.9. The van der Waals surface area contributed by atoms with Gasteiger partial charge in [0, 0.05) is 43.0 Å². The first kappa shape index (κ1) is 23.2. The summed E-state index contributed by atoms with van der Waals surface area (Å²) in [4.78, 5) is 39.2. The van der Waals surface area contributed by atoms with E-state index in [1.54, 1.807) is 29.7 Å². The Bertz CT molecular complexity index is 1320. The molecule has 2 aromatic carbocycles. The number of aromatic nitrogens is 1. The number of anilines is 1. The van der Waals surface area contributed by atoms with Gasteiger partial charge >= 0.3 is 5.97 Å². The fourth-order valence-corrected chi connectivity index (χ4v) is 4.11. The van der Waals surface area contributed by atoms with Crippen LogP contribution in [-0.2, 0) is 20.9 Å². The molecule has 0 atom stereocenters. The van der Waals surface area contributed by atoms with Crippen LogP contribution in [0.25, 0.3) is 16.7 Å². The summed E-state index contributed by atoms with van der Waals surface area (Å²) in [5.41, 5.74) is 1.83. The number of aliphatic hydroxyl groups is 1. The molecule has 4 rings (SSSR count). The average molecular weight is 464 g/mol. The fraction of sp³-hybridized carbons (Fsp3) is 0.269. The second-order valence-electron chi connectivity index (χ2n) is 8.14. The van der Waals surface area contributed by atoms with E-state index in [9.17, 15) is 23.9 Å². The first-order valence-corrected chi connectivity index (χ1v) is 11.2. The van der Waals surface area contributed by atoms with Crippen LogP contribution in [0.4, 0.5) is 10.1 Å². The second-order valence-corrected chi connectivity index (χ2v) is 8.14. The minimum absolute atomic E-state index is 0.0129. The van der Waals surface area contributed by atoms with Gasteiger partial charge in [0.1, 0.15) is 11.6 Å². The SMILES string of the molecule is CCOC(=O)C(=O)/C=C(\O)c1cn(Cc2ccc(F)cc2)c2cc(N3CCCC3)ccc2c1=O. The molecule has 1 N–H and O–H groups in total. The van der Waals surface area contributed by atoms with Gasteiger partial charge in [-0.15, -0.1) is 0 Å². The molecule has 0 aliphatic carbocycles. The van der Waals surface area contributed by atoms with Crippen LogP contribution in [0.1, 0.15) is 30.9 Å². The van der Waals surface area contributed by atoms with Crippen molar-refractivity contribution in [2.24, 2.45) is 0 Å². The van der Waals surface area contributed by atoms with Crippen LogP contribution < -0.4 is 10.3 Å². The number of rotatable bonds is 7. The predicted molar refractivity (Wildman–Crippen MR) is 127 cm³/mol. The number of esters is 1. The number of carbonyl (C=O) groups is 2. The summed E-state index contributed by atoms with van der Waals surface area (Å²) in [7, 11) is 0. The van der Waals surface area contributed by atoms with Gasteiger partial charge in [0.2, 0.25) is 0 Å². The molecule has 0 unspecified atom stereocenters. The van der Waals surface area contributed by atoms with Crippen LogP contribution in [-0.4, -0.2) is 41.1 Å². The van der Waals surface area contributed by atoms with Crippen molar-refractivity contribution in [3.63, 3.8) is 0 Å². The molecule has 1 aromatic heterocycles. The maximum Gasteiger partial charge on any atom is 0.379 e. The van der Waals surface area contributed by atoms with E-state index in [2.05, 4.69) is 9.64 Å². The normalized spacial score (nSPS) is 13.9. The molecule has 34 heavy (non-hydrogen) atoms. The van der Waals surface area contributed by atoms with Crippen LogP contribution in [0, 0.1) is 5.82 Å². The largest absolute Gasteiger partial charge is 0.507 e. The molecular formula is C26H25FN2O5. The molecular weight excluding hydrogens is 439 g/mol. The monoisotopic (exact) mass is 464 g/mol. The van der Waals surface area contributed by atoms with Crippen molar-refractivity contribution in [1.29, 1.82) is 0 Å². The summed E-state index contributed by atoms with van der Waals surface area (Å²) >= 11 is 0. The van der Waals surface area contributed by atoms with Gasteiger partial charge in [-0.05, 0) is 55.7 Å². The van der Waals surface area contributed by atoms with E-state index in [1.165, 1.54) is 18.3 Å². The van der Waals surface area contributed by atoms with Gasteiger partial charge in [0.25, 0.3) is 5.78 Å². The zero-order valence-corrected chi connectivity index (χ0v) is 18.8. The summed E-state index contributed by atoms with van der Waals surface area (Å²) in [6.07, 6.45) is 4.35. The molecule has 1 saturated heterocycles. The maximum atomic E-state index is 13.4.